The minimum absolute atomic E-state index is 0.0653. The Morgan fingerprint density at radius 3 is 2.47 bits per heavy atom. The second kappa shape index (κ2) is 8.10. The van der Waals surface area contributed by atoms with Crippen molar-refractivity contribution in [3.63, 3.8) is 0 Å². The van der Waals surface area contributed by atoms with Crippen molar-refractivity contribution in [1.29, 1.82) is 0 Å². The molecule has 0 atom stereocenters. The lowest BCUT2D eigenvalue weighted by molar-refractivity contribution is -0.116. The molecule has 0 saturated carbocycles. The van der Waals surface area contributed by atoms with Gasteiger partial charge in [-0.2, -0.15) is 0 Å². The minimum Gasteiger partial charge on any atom is -0.338 e. The van der Waals surface area contributed by atoms with Crippen molar-refractivity contribution in [1.82, 2.24) is 10.6 Å². The Kier molecular flexibility index (Phi) is 6.38. The molecule has 0 aromatic heterocycles. The van der Waals surface area contributed by atoms with Crippen LogP contribution in [0.3, 0.4) is 0 Å². The zero-order valence-corrected chi connectivity index (χ0v) is 11.2. The fourth-order valence-electron chi connectivity index (χ4n) is 1.47. The van der Waals surface area contributed by atoms with Crippen molar-refractivity contribution in [2.24, 2.45) is 0 Å². The van der Waals surface area contributed by atoms with Gasteiger partial charge in [0.15, 0.2) is 0 Å². The molecule has 3 amide bonds. The van der Waals surface area contributed by atoms with Crippen LogP contribution in [-0.4, -0.2) is 32.1 Å². The largest absolute Gasteiger partial charge is 0.338 e. The summed E-state index contributed by atoms with van der Waals surface area (Å²) in [5.41, 5.74) is 1.30. The van der Waals surface area contributed by atoms with Crippen LogP contribution in [-0.2, 0) is 4.79 Å². The van der Waals surface area contributed by atoms with Gasteiger partial charge >= 0.3 is 6.03 Å². The molecular weight excluding hydrogens is 244 g/mol. The molecule has 0 radical (unpaired) electrons. The molecule has 1 aromatic rings. The second-order valence-corrected chi connectivity index (χ2v) is 3.97. The number of urea groups is 1. The Bertz CT molecular complexity index is 434. The molecule has 0 heterocycles. The van der Waals surface area contributed by atoms with E-state index in [0.29, 0.717) is 30.9 Å². The standard InChI is InChI=1S/C13H20N4O2/c1-3-15-13(19)17-11-6-4-5-10(9-11)16-12(18)7-8-14-2/h4-6,9,14H,3,7-8H2,1-2H3,(H,16,18)(H2,15,17,19). The number of rotatable bonds is 6. The van der Waals surface area contributed by atoms with E-state index in [-0.39, 0.29) is 11.9 Å². The summed E-state index contributed by atoms with van der Waals surface area (Å²) in [7, 11) is 1.80. The minimum atomic E-state index is -0.263. The summed E-state index contributed by atoms with van der Waals surface area (Å²) in [6.45, 7) is 3.03. The van der Waals surface area contributed by atoms with Crippen LogP contribution in [0.1, 0.15) is 13.3 Å². The van der Waals surface area contributed by atoms with E-state index >= 15 is 0 Å². The number of carbonyl (C=O) groups is 2. The maximum absolute atomic E-state index is 11.6. The Morgan fingerprint density at radius 1 is 1.16 bits per heavy atom. The van der Waals surface area contributed by atoms with Crippen LogP contribution >= 0.6 is 0 Å². The molecule has 104 valence electrons. The molecule has 1 rings (SSSR count). The molecule has 0 spiro atoms. The summed E-state index contributed by atoms with van der Waals surface area (Å²) in [6, 6.07) is 6.77. The molecule has 0 unspecified atom stereocenters. The summed E-state index contributed by atoms with van der Waals surface area (Å²) >= 11 is 0. The van der Waals surface area contributed by atoms with Gasteiger partial charge in [0.1, 0.15) is 0 Å². The van der Waals surface area contributed by atoms with Crippen LogP contribution in [0.15, 0.2) is 24.3 Å². The lowest BCUT2D eigenvalue weighted by atomic mass is 10.2. The monoisotopic (exact) mass is 264 g/mol. The van der Waals surface area contributed by atoms with E-state index in [9.17, 15) is 9.59 Å². The SMILES string of the molecule is CCNC(=O)Nc1cccc(NC(=O)CCNC)c1. The maximum Gasteiger partial charge on any atom is 0.319 e. The molecule has 0 fully saturated rings. The van der Waals surface area contributed by atoms with Crippen LogP contribution in [0.4, 0.5) is 16.2 Å². The smallest absolute Gasteiger partial charge is 0.319 e. The Balaban J connectivity index is 2.56. The Hall–Kier alpha value is -2.08. The van der Waals surface area contributed by atoms with E-state index in [2.05, 4.69) is 21.3 Å². The van der Waals surface area contributed by atoms with Crippen LogP contribution < -0.4 is 21.3 Å². The molecule has 0 aliphatic rings. The van der Waals surface area contributed by atoms with E-state index in [1.165, 1.54) is 0 Å². The van der Waals surface area contributed by atoms with E-state index in [1.54, 1.807) is 31.3 Å². The second-order valence-electron chi connectivity index (χ2n) is 3.97. The predicted octanol–water partition coefficient (Wildman–Crippen LogP) is 1.38. The van der Waals surface area contributed by atoms with Gasteiger partial charge in [-0.3, -0.25) is 4.79 Å². The summed E-state index contributed by atoms with van der Waals surface area (Å²) in [6.07, 6.45) is 0.407. The molecule has 0 saturated heterocycles. The van der Waals surface area contributed by atoms with Gasteiger partial charge in [-0.1, -0.05) is 6.07 Å². The molecular formula is C13H20N4O2. The van der Waals surface area contributed by atoms with Gasteiger partial charge in [0.05, 0.1) is 0 Å². The third-order valence-corrected chi connectivity index (χ3v) is 2.34. The van der Waals surface area contributed by atoms with Gasteiger partial charge < -0.3 is 21.3 Å². The third-order valence-electron chi connectivity index (χ3n) is 2.34. The van der Waals surface area contributed by atoms with E-state index in [0.717, 1.165) is 0 Å². The molecule has 0 aliphatic carbocycles. The van der Waals surface area contributed by atoms with Gasteiger partial charge in [0, 0.05) is 30.9 Å². The predicted molar refractivity (Wildman–Crippen MR) is 76.3 cm³/mol. The average Bonchev–Trinajstić information content (AvgIpc) is 2.37. The highest BCUT2D eigenvalue weighted by atomic mass is 16.2. The molecule has 4 N–H and O–H groups in total. The van der Waals surface area contributed by atoms with Crippen molar-refractivity contribution < 1.29 is 9.59 Å². The number of benzene rings is 1. The van der Waals surface area contributed by atoms with Crippen molar-refractivity contribution >= 4 is 23.3 Å². The topological polar surface area (TPSA) is 82.3 Å². The quantitative estimate of drug-likeness (QED) is 0.626. The lowest BCUT2D eigenvalue weighted by Crippen LogP contribution is -2.28. The van der Waals surface area contributed by atoms with Crippen LogP contribution in [0, 0.1) is 0 Å². The molecule has 6 heteroatoms. The zero-order valence-electron chi connectivity index (χ0n) is 11.2. The molecule has 0 bridgehead atoms. The van der Waals surface area contributed by atoms with Crippen LogP contribution in [0.2, 0.25) is 0 Å². The van der Waals surface area contributed by atoms with Crippen LogP contribution in [0.5, 0.6) is 0 Å². The molecule has 1 aromatic carbocycles. The summed E-state index contributed by atoms with van der Waals surface area (Å²) < 4.78 is 0. The van der Waals surface area contributed by atoms with Crippen molar-refractivity contribution in [3.8, 4) is 0 Å². The van der Waals surface area contributed by atoms with Gasteiger partial charge in [-0.25, -0.2) is 4.79 Å². The first-order valence-electron chi connectivity index (χ1n) is 6.25. The first-order chi connectivity index (χ1) is 9.15. The van der Waals surface area contributed by atoms with Crippen molar-refractivity contribution in [3.05, 3.63) is 24.3 Å². The van der Waals surface area contributed by atoms with Crippen LogP contribution in [0.25, 0.3) is 0 Å². The zero-order chi connectivity index (χ0) is 14.1. The number of hydrogen-bond donors (Lipinski definition) is 4. The van der Waals surface area contributed by atoms with Gasteiger partial charge in [0.2, 0.25) is 5.91 Å². The first kappa shape index (κ1) is 15.0. The molecule has 19 heavy (non-hydrogen) atoms. The summed E-state index contributed by atoms with van der Waals surface area (Å²) in [4.78, 5) is 22.9. The van der Waals surface area contributed by atoms with E-state index < -0.39 is 0 Å². The first-order valence-corrected chi connectivity index (χ1v) is 6.25. The molecule has 6 nitrogen and oxygen atoms in total. The Morgan fingerprint density at radius 2 is 1.84 bits per heavy atom. The number of amides is 3. The van der Waals surface area contributed by atoms with Crippen molar-refractivity contribution in [2.75, 3.05) is 30.8 Å². The number of anilines is 2. The van der Waals surface area contributed by atoms with Gasteiger partial charge in [0.25, 0.3) is 0 Å². The van der Waals surface area contributed by atoms with Crippen molar-refractivity contribution in [2.45, 2.75) is 13.3 Å². The summed E-state index contributed by atoms with van der Waals surface area (Å²) in [5.74, 6) is -0.0653. The number of carbonyl (C=O) groups excluding carboxylic acids is 2. The van der Waals surface area contributed by atoms with Gasteiger partial charge in [-0.15, -0.1) is 0 Å². The van der Waals surface area contributed by atoms with Gasteiger partial charge in [-0.05, 0) is 32.2 Å². The highest BCUT2D eigenvalue weighted by Gasteiger charge is 2.04. The highest BCUT2D eigenvalue weighted by Crippen LogP contribution is 2.15. The van der Waals surface area contributed by atoms with E-state index in [1.807, 2.05) is 6.92 Å². The Labute approximate surface area is 113 Å². The average molecular weight is 264 g/mol. The number of nitrogens with one attached hydrogen (secondary N) is 4. The number of hydrogen-bond acceptors (Lipinski definition) is 3. The molecule has 0 aliphatic heterocycles. The van der Waals surface area contributed by atoms with E-state index in [4.69, 9.17) is 0 Å². The lowest BCUT2D eigenvalue weighted by Gasteiger charge is -2.09. The fourth-order valence-corrected chi connectivity index (χ4v) is 1.47. The summed E-state index contributed by atoms with van der Waals surface area (Å²) in [5, 5.41) is 11.0. The third kappa shape index (κ3) is 5.87. The maximum atomic E-state index is 11.6. The fraction of sp³-hybridized carbons (Fsp3) is 0.385. The normalized spacial score (nSPS) is 9.79. The highest BCUT2D eigenvalue weighted by molar-refractivity contribution is 5.93.